The van der Waals surface area contributed by atoms with Gasteiger partial charge in [-0.15, -0.1) is 0 Å². The standard InChI is InChI=1S/C13H27N3O/c1-11(2)15-13(17)10-14-8-9-16(3)12-6-4-5-7-12/h11-12,14H,4-10H2,1-3H3,(H,15,17). The third-order valence-corrected chi connectivity index (χ3v) is 3.32. The van der Waals surface area contributed by atoms with Crippen molar-refractivity contribution < 1.29 is 4.79 Å². The molecule has 4 nitrogen and oxygen atoms in total. The van der Waals surface area contributed by atoms with E-state index in [1.165, 1.54) is 25.7 Å². The fraction of sp³-hybridized carbons (Fsp3) is 0.923. The van der Waals surface area contributed by atoms with Crippen molar-refractivity contribution in [3.8, 4) is 0 Å². The monoisotopic (exact) mass is 241 g/mol. The van der Waals surface area contributed by atoms with Crippen molar-refractivity contribution in [3.05, 3.63) is 0 Å². The Morgan fingerprint density at radius 3 is 2.59 bits per heavy atom. The van der Waals surface area contributed by atoms with Gasteiger partial charge in [0.15, 0.2) is 0 Å². The van der Waals surface area contributed by atoms with E-state index >= 15 is 0 Å². The molecule has 1 aliphatic rings. The molecule has 0 unspecified atom stereocenters. The summed E-state index contributed by atoms with van der Waals surface area (Å²) in [7, 11) is 2.19. The van der Waals surface area contributed by atoms with Crippen LogP contribution in [0.4, 0.5) is 0 Å². The molecule has 100 valence electrons. The molecule has 0 spiro atoms. The zero-order chi connectivity index (χ0) is 12.7. The number of rotatable bonds is 7. The van der Waals surface area contributed by atoms with Gasteiger partial charge in [-0.1, -0.05) is 12.8 Å². The van der Waals surface area contributed by atoms with Gasteiger partial charge in [-0.3, -0.25) is 4.79 Å². The lowest BCUT2D eigenvalue weighted by molar-refractivity contribution is -0.120. The highest BCUT2D eigenvalue weighted by molar-refractivity contribution is 5.78. The molecule has 4 heteroatoms. The second-order valence-electron chi connectivity index (χ2n) is 5.32. The first-order chi connectivity index (χ1) is 8.09. The number of carbonyl (C=O) groups excluding carboxylic acids is 1. The Bertz CT molecular complexity index is 225. The van der Waals surface area contributed by atoms with Crippen molar-refractivity contribution in [2.75, 3.05) is 26.7 Å². The third-order valence-electron chi connectivity index (χ3n) is 3.32. The van der Waals surface area contributed by atoms with Crippen molar-refractivity contribution in [1.82, 2.24) is 15.5 Å². The van der Waals surface area contributed by atoms with E-state index < -0.39 is 0 Å². The lowest BCUT2D eigenvalue weighted by atomic mass is 10.2. The number of carbonyl (C=O) groups is 1. The van der Waals surface area contributed by atoms with Crippen LogP contribution in [-0.4, -0.2) is 49.6 Å². The first-order valence-corrected chi connectivity index (χ1v) is 6.80. The fourth-order valence-corrected chi connectivity index (χ4v) is 2.36. The van der Waals surface area contributed by atoms with Gasteiger partial charge in [-0.25, -0.2) is 0 Å². The highest BCUT2D eigenvalue weighted by Crippen LogP contribution is 2.21. The second kappa shape index (κ2) is 7.67. The normalized spacial score (nSPS) is 17.0. The minimum atomic E-state index is 0.0866. The van der Waals surface area contributed by atoms with Crippen LogP contribution in [0.5, 0.6) is 0 Å². The maximum absolute atomic E-state index is 11.4. The van der Waals surface area contributed by atoms with Crippen LogP contribution in [0.3, 0.4) is 0 Å². The summed E-state index contributed by atoms with van der Waals surface area (Å²) in [5.74, 6) is 0.0866. The molecule has 1 aliphatic carbocycles. The maximum Gasteiger partial charge on any atom is 0.234 e. The smallest absolute Gasteiger partial charge is 0.234 e. The number of nitrogens with one attached hydrogen (secondary N) is 2. The third kappa shape index (κ3) is 6.03. The summed E-state index contributed by atoms with van der Waals surface area (Å²) < 4.78 is 0. The predicted octanol–water partition coefficient (Wildman–Crippen LogP) is 0.975. The zero-order valence-corrected chi connectivity index (χ0v) is 11.5. The average molecular weight is 241 g/mol. The maximum atomic E-state index is 11.4. The molecule has 0 saturated heterocycles. The Balaban J connectivity index is 2.01. The Kier molecular flexibility index (Phi) is 6.52. The van der Waals surface area contributed by atoms with Crippen LogP contribution in [0.25, 0.3) is 0 Å². The van der Waals surface area contributed by atoms with E-state index in [9.17, 15) is 4.79 Å². The summed E-state index contributed by atoms with van der Waals surface area (Å²) in [6, 6.07) is 0.992. The van der Waals surface area contributed by atoms with E-state index in [2.05, 4.69) is 22.6 Å². The van der Waals surface area contributed by atoms with Gasteiger partial charge in [0, 0.05) is 25.2 Å². The van der Waals surface area contributed by atoms with Crippen molar-refractivity contribution in [1.29, 1.82) is 0 Å². The van der Waals surface area contributed by atoms with Crippen molar-refractivity contribution in [2.45, 2.75) is 51.6 Å². The Morgan fingerprint density at radius 2 is 2.00 bits per heavy atom. The molecule has 0 aromatic carbocycles. The molecular weight excluding hydrogens is 214 g/mol. The molecule has 2 N–H and O–H groups in total. The number of hydrogen-bond donors (Lipinski definition) is 2. The van der Waals surface area contributed by atoms with Crippen LogP contribution < -0.4 is 10.6 Å². The Morgan fingerprint density at radius 1 is 1.35 bits per heavy atom. The van der Waals surface area contributed by atoms with E-state index in [0.29, 0.717) is 6.54 Å². The number of likely N-dealkylation sites (N-methyl/N-ethyl adjacent to an activating group) is 1. The van der Waals surface area contributed by atoms with Crippen molar-refractivity contribution in [2.24, 2.45) is 0 Å². The van der Waals surface area contributed by atoms with Gasteiger partial charge in [0.2, 0.25) is 5.91 Å². The van der Waals surface area contributed by atoms with Crippen molar-refractivity contribution >= 4 is 5.91 Å². The average Bonchev–Trinajstić information content (AvgIpc) is 2.76. The molecule has 17 heavy (non-hydrogen) atoms. The number of hydrogen-bond acceptors (Lipinski definition) is 3. The fourth-order valence-electron chi connectivity index (χ4n) is 2.36. The van der Waals surface area contributed by atoms with Gasteiger partial charge < -0.3 is 15.5 Å². The van der Waals surface area contributed by atoms with Crippen molar-refractivity contribution in [3.63, 3.8) is 0 Å². The quantitative estimate of drug-likeness (QED) is 0.653. The van der Waals surface area contributed by atoms with Crippen LogP contribution in [0, 0.1) is 0 Å². The van der Waals surface area contributed by atoms with E-state index in [4.69, 9.17) is 0 Å². The van der Waals surface area contributed by atoms with Crippen LogP contribution in [0.15, 0.2) is 0 Å². The minimum absolute atomic E-state index is 0.0866. The summed E-state index contributed by atoms with van der Waals surface area (Å²) in [5, 5.41) is 6.06. The lowest BCUT2D eigenvalue weighted by Crippen LogP contribution is -2.41. The molecule has 0 heterocycles. The highest BCUT2D eigenvalue weighted by Gasteiger charge is 2.18. The predicted molar refractivity (Wildman–Crippen MR) is 71.0 cm³/mol. The zero-order valence-electron chi connectivity index (χ0n) is 11.5. The van der Waals surface area contributed by atoms with Crippen LogP contribution in [0.2, 0.25) is 0 Å². The molecule has 1 amide bonds. The molecule has 0 bridgehead atoms. The van der Waals surface area contributed by atoms with Crippen LogP contribution in [0.1, 0.15) is 39.5 Å². The molecule has 0 aliphatic heterocycles. The van der Waals surface area contributed by atoms with E-state index in [1.807, 2.05) is 13.8 Å². The SMILES string of the molecule is CC(C)NC(=O)CNCCN(C)C1CCCC1. The first-order valence-electron chi connectivity index (χ1n) is 6.80. The summed E-state index contributed by atoms with van der Waals surface area (Å²) in [6.07, 6.45) is 5.42. The first kappa shape index (κ1) is 14.5. The van der Waals surface area contributed by atoms with Crippen LogP contribution in [-0.2, 0) is 4.79 Å². The summed E-state index contributed by atoms with van der Waals surface area (Å²) in [4.78, 5) is 13.8. The highest BCUT2D eigenvalue weighted by atomic mass is 16.1. The number of nitrogens with zero attached hydrogens (tertiary/aromatic N) is 1. The van der Waals surface area contributed by atoms with Crippen LogP contribution >= 0.6 is 0 Å². The largest absolute Gasteiger partial charge is 0.353 e. The van der Waals surface area contributed by atoms with Gasteiger partial charge in [-0.05, 0) is 33.7 Å². The van der Waals surface area contributed by atoms with Gasteiger partial charge in [0.05, 0.1) is 6.54 Å². The second-order valence-corrected chi connectivity index (χ2v) is 5.32. The Labute approximate surface area is 105 Å². The minimum Gasteiger partial charge on any atom is -0.353 e. The molecule has 1 rings (SSSR count). The van der Waals surface area contributed by atoms with E-state index in [-0.39, 0.29) is 11.9 Å². The van der Waals surface area contributed by atoms with Gasteiger partial charge in [-0.2, -0.15) is 0 Å². The van der Waals surface area contributed by atoms with Gasteiger partial charge >= 0.3 is 0 Å². The summed E-state index contributed by atoms with van der Waals surface area (Å²) >= 11 is 0. The molecular formula is C13H27N3O. The lowest BCUT2D eigenvalue weighted by Gasteiger charge is -2.23. The molecule has 1 saturated carbocycles. The number of amides is 1. The molecule has 0 aromatic heterocycles. The van der Waals surface area contributed by atoms with E-state index in [0.717, 1.165) is 19.1 Å². The van der Waals surface area contributed by atoms with Gasteiger partial charge in [0.1, 0.15) is 0 Å². The Hall–Kier alpha value is -0.610. The molecule has 1 fully saturated rings. The molecule has 0 atom stereocenters. The molecule has 0 radical (unpaired) electrons. The van der Waals surface area contributed by atoms with E-state index in [1.54, 1.807) is 0 Å². The molecule has 0 aromatic rings. The summed E-state index contributed by atoms with van der Waals surface area (Å²) in [5.41, 5.74) is 0. The topological polar surface area (TPSA) is 44.4 Å². The summed E-state index contributed by atoms with van der Waals surface area (Å²) in [6.45, 7) is 6.30. The van der Waals surface area contributed by atoms with Gasteiger partial charge in [0.25, 0.3) is 0 Å².